The Bertz CT molecular complexity index is 223. The molecule has 0 spiro atoms. The second-order valence-corrected chi connectivity index (χ2v) is 15.3. The van der Waals surface area contributed by atoms with Gasteiger partial charge in [0.25, 0.3) is 0 Å². The molecule has 6 heteroatoms. The average Bonchev–Trinajstić information content (AvgIpc) is 1.80. The average molecular weight is 255 g/mol. The van der Waals surface area contributed by atoms with Crippen molar-refractivity contribution < 1.29 is 25.8 Å². The number of hydrogen-bond donors (Lipinski definition) is 0. The molecule has 1 atom stereocenters. The van der Waals surface area contributed by atoms with E-state index in [2.05, 4.69) is 0 Å². The molecule has 0 aliphatic rings. The second kappa shape index (κ2) is 4.28. The Hall–Kier alpha value is 0.713. The molecule has 0 aliphatic carbocycles. The van der Waals surface area contributed by atoms with E-state index in [1.165, 1.54) is 6.66 Å². The number of hydrogen-bond acceptors (Lipinski definition) is 3. The fourth-order valence-electron chi connectivity index (χ4n) is 0.702. The molecular weight excluding hydrogens is 238 g/mol. The molecule has 0 rings (SSSR count). The zero-order chi connectivity index (χ0) is 9.99. The summed E-state index contributed by atoms with van der Waals surface area (Å²) in [6, 6.07) is 0. The van der Waals surface area contributed by atoms with Gasteiger partial charge in [0.2, 0.25) is 0 Å². The van der Waals surface area contributed by atoms with Crippen molar-refractivity contribution in [3.05, 3.63) is 0 Å². The van der Waals surface area contributed by atoms with Crippen LogP contribution < -0.4 is 0 Å². The predicted octanol–water partition coefficient (Wildman–Crippen LogP) is 3.06. The summed E-state index contributed by atoms with van der Waals surface area (Å²) in [7, 11) is -1.82. The van der Waals surface area contributed by atoms with E-state index in [9.17, 15) is 8.43 Å². The summed E-state index contributed by atoms with van der Waals surface area (Å²) < 4.78 is 28.4. The van der Waals surface area contributed by atoms with Gasteiger partial charge < -0.3 is 0 Å². The molecule has 0 radical (unpaired) electrons. The maximum absolute atomic E-state index is 11.7. The van der Waals surface area contributed by atoms with E-state index < -0.39 is 27.6 Å². The van der Waals surface area contributed by atoms with Crippen molar-refractivity contribution >= 4 is 14.4 Å². The van der Waals surface area contributed by atoms with Crippen LogP contribution >= 0.6 is 6.10 Å². The molecule has 0 bridgehead atoms. The van der Waals surface area contributed by atoms with Crippen LogP contribution in [0.25, 0.3) is 0 Å². The van der Waals surface area contributed by atoms with Gasteiger partial charge in [-0.2, -0.15) is 0 Å². The predicted molar refractivity (Wildman–Crippen MR) is 49.1 cm³/mol. The first-order chi connectivity index (χ1) is 5.19. The van der Waals surface area contributed by atoms with Crippen molar-refractivity contribution in [2.45, 2.75) is 31.9 Å². The van der Waals surface area contributed by atoms with Gasteiger partial charge >= 0.3 is 78.8 Å². The van der Waals surface area contributed by atoms with Gasteiger partial charge in [-0.15, -0.1) is 0 Å². The molecular formula is C6H17CoO3PSi. The Morgan fingerprint density at radius 2 is 1.83 bits per heavy atom. The molecule has 3 nitrogen and oxygen atoms in total. The van der Waals surface area contributed by atoms with E-state index in [-0.39, 0.29) is 0 Å². The Kier molecular flexibility index (Phi) is 4.54. The molecule has 0 N–H and O–H groups in total. The van der Waals surface area contributed by atoms with Crippen molar-refractivity contribution in [3.8, 4) is 0 Å². The molecule has 0 aliphatic heterocycles. The summed E-state index contributed by atoms with van der Waals surface area (Å²) >= 11 is -1.65. The summed E-state index contributed by atoms with van der Waals surface area (Å²) in [4.78, 5) is 0. The maximum atomic E-state index is 11.7. The van der Waals surface area contributed by atoms with Gasteiger partial charge in [-0.1, -0.05) is 0 Å². The van der Waals surface area contributed by atoms with Gasteiger partial charge in [-0.3, -0.25) is 0 Å². The van der Waals surface area contributed by atoms with Crippen LogP contribution in [0, 0.1) is 0 Å². The van der Waals surface area contributed by atoms with Crippen LogP contribution in [0.1, 0.15) is 6.92 Å². The summed E-state index contributed by atoms with van der Waals surface area (Å²) in [5, 5.41) is 0.436. The van der Waals surface area contributed by atoms with Gasteiger partial charge in [0.05, 0.1) is 0 Å². The molecule has 0 saturated heterocycles. The third-order valence-corrected chi connectivity index (χ3v) is 10.2. The fraction of sp³-hybridized carbons (Fsp3) is 1.00. The Morgan fingerprint density at radius 1 is 1.42 bits per heavy atom. The number of rotatable bonds is 4. The third-order valence-electron chi connectivity index (χ3n) is 0.937. The third kappa shape index (κ3) is 4.67. The Morgan fingerprint density at radius 3 is 2.08 bits per heavy atom. The quantitative estimate of drug-likeness (QED) is 0.572. The SMILES string of the molecule is C[CH2][Co](=[O])[P](C)(=O)O[Si](C)(C)C. The minimum atomic E-state index is -2.84. The zero-order valence-corrected chi connectivity index (χ0v) is 11.1. The molecule has 1 unspecified atom stereocenters. The second-order valence-electron chi connectivity index (χ2n) is 3.41. The van der Waals surface area contributed by atoms with Gasteiger partial charge in [0.1, 0.15) is 0 Å². The standard InChI is InChI=1S/C4H12O2PSi.C2H5.Co.O/c1-7(5)6-8(2,3)4;1-2;;/h1-4H3;1H2,2H3;;/q+1;;-1;. The van der Waals surface area contributed by atoms with Crippen molar-refractivity contribution in [3.63, 3.8) is 0 Å². The van der Waals surface area contributed by atoms with Crippen molar-refractivity contribution in [2.75, 3.05) is 6.66 Å². The molecule has 0 heterocycles. The van der Waals surface area contributed by atoms with E-state index in [0.717, 1.165) is 0 Å². The van der Waals surface area contributed by atoms with E-state index in [1.807, 2.05) is 19.6 Å². The molecule has 12 heavy (non-hydrogen) atoms. The molecule has 0 aromatic rings. The van der Waals surface area contributed by atoms with Crippen LogP contribution in [-0.4, -0.2) is 15.0 Å². The molecule has 0 fully saturated rings. The van der Waals surface area contributed by atoms with Crippen LogP contribution in [0.5, 0.6) is 0 Å². The monoisotopic (exact) mass is 255 g/mol. The summed E-state index contributed by atoms with van der Waals surface area (Å²) in [5.74, 6) is 0. The first-order valence-corrected chi connectivity index (χ1v) is 11.6. The normalized spacial score (nSPS) is 18.6. The molecule has 0 amide bonds. The van der Waals surface area contributed by atoms with E-state index in [1.54, 1.807) is 6.92 Å². The summed E-state index contributed by atoms with van der Waals surface area (Å²) in [6.45, 7) is 9.08. The van der Waals surface area contributed by atoms with Crippen molar-refractivity contribution in [2.24, 2.45) is 0 Å². The summed E-state index contributed by atoms with van der Waals surface area (Å²) in [6.07, 6.45) is -2.84. The molecule has 0 aromatic heterocycles. The molecule has 0 aromatic carbocycles. The first-order valence-electron chi connectivity index (χ1n) is 3.74. The van der Waals surface area contributed by atoms with Crippen LogP contribution in [0.2, 0.25) is 25.0 Å². The van der Waals surface area contributed by atoms with Crippen molar-refractivity contribution in [1.29, 1.82) is 0 Å². The van der Waals surface area contributed by atoms with Crippen LogP contribution in [-0.2, 0) is 25.8 Å². The van der Waals surface area contributed by atoms with Gasteiger partial charge in [-0.25, -0.2) is 0 Å². The van der Waals surface area contributed by atoms with Crippen LogP contribution in [0.4, 0.5) is 0 Å². The molecule has 77 valence electrons. The van der Waals surface area contributed by atoms with Crippen LogP contribution in [0.15, 0.2) is 0 Å². The molecule has 0 saturated carbocycles. The Balaban J connectivity index is 4.44. The fourth-order valence-corrected chi connectivity index (χ4v) is 10.5. The minimum absolute atomic E-state index is 0.436. The van der Waals surface area contributed by atoms with Gasteiger partial charge in [-0.05, 0) is 0 Å². The van der Waals surface area contributed by atoms with Gasteiger partial charge in [0, 0.05) is 0 Å². The topological polar surface area (TPSA) is 43.4 Å². The Labute approximate surface area is 79.0 Å². The van der Waals surface area contributed by atoms with E-state index in [4.69, 9.17) is 4.21 Å². The van der Waals surface area contributed by atoms with Gasteiger partial charge in [0.15, 0.2) is 0 Å². The van der Waals surface area contributed by atoms with E-state index >= 15 is 0 Å². The van der Waals surface area contributed by atoms with Crippen LogP contribution in [0.3, 0.4) is 0 Å². The van der Waals surface area contributed by atoms with E-state index in [0.29, 0.717) is 5.36 Å². The zero-order valence-electron chi connectivity index (χ0n) is 8.21. The first kappa shape index (κ1) is 12.7. The summed E-state index contributed by atoms with van der Waals surface area (Å²) in [5.41, 5.74) is 0. The van der Waals surface area contributed by atoms with Crippen molar-refractivity contribution in [1.82, 2.24) is 0 Å².